The first-order valence-corrected chi connectivity index (χ1v) is 12.6. The van der Waals surface area contributed by atoms with Crippen LogP contribution < -0.4 is 20.1 Å². The number of nitrogens with zero attached hydrogens (tertiary/aromatic N) is 3. The van der Waals surface area contributed by atoms with Gasteiger partial charge in [0.2, 0.25) is 0 Å². The molecule has 4 aromatic rings. The molecule has 4 heterocycles. The number of hydrogen-bond acceptors (Lipinski definition) is 6. The summed E-state index contributed by atoms with van der Waals surface area (Å²) in [6.45, 7) is 3.53. The van der Waals surface area contributed by atoms with Gasteiger partial charge in [-0.25, -0.2) is 13.2 Å². The van der Waals surface area contributed by atoms with Gasteiger partial charge in [-0.05, 0) is 18.2 Å². The summed E-state index contributed by atoms with van der Waals surface area (Å²) in [6.07, 6.45) is 1.44. The second-order valence-electron chi connectivity index (χ2n) is 10.2. The van der Waals surface area contributed by atoms with Crippen LogP contribution in [-0.4, -0.2) is 50.3 Å². The van der Waals surface area contributed by atoms with Crippen LogP contribution in [0, 0.1) is 22.9 Å². The van der Waals surface area contributed by atoms with Crippen molar-refractivity contribution in [2.75, 3.05) is 49.4 Å². The van der Waals surface area contributed by atoms with E-state index in [9.17, 15) is 18.0 Å². The third-order valence-electron chi connectivity index (χ3n) is 7.55. The number of amides is 1. The highest BCUT2D eigenvalue weighted by Crippen LogP contribution is 2.45. The van der Waals surface area contributed by atoms with E-state index < -0.39 is 17.5 Å². The summed E-state index contributed by atoms with van der Waals surface area (Å²) >= 11 is 0. The molecule has 0 atom stereocenters. The van der Waals surface area contributed by atoms with Gasteiger partial charge in [-0.1, -0.05) is 30.3 Å². The van der Waals surface area contributed by atoms with Gasteiger partial charge in [-0.3, -0.25) is 20.2 Å². The smallest absolute Gasteiger partial charge is 0.273 e. The van der Waals surface area contributed by atoms with E-state index in [1.807, 2.05) is 24.3 Å². The molecule has 200 valence electrons. The van der Waals surface area contributed by atoms with Gasteiger partial charge >= 0.3 is 0 Å². The summed E-state index contributed by atoms with van der Waals surface area (Å²) in [7, 11) is 0. The van der Waals surface area contributed by atoms with E-state index in [4.69, 9.17) is 9.47 Å². The second-order valence-corrected chi connectivity index (χ2v) is 10.2. The lowest BCUT2D eigenvalue weighted by molar-refractivity contribution is -0.126. The first kappa shape index (κ1) is 23.8. The molecular formula is C29H25F3N4O3. The molecule has 39 heavy (non-hydrogen) atoms. The van der Waals surface area contributed by atoms with Crippen LogP contribution in [0.1, 0.15) is 11.8 Å². The Morgan fingerprint density at radius 2 is 1.85 bits per heavy atom. The fourth-order valence-electron chi connectivity index (χ4n) is 5.65. The standard InChI is InChI=1S/C29H23F3N4O3.H2/c30-17-10-20(25(32)22(31)11-17)18-4-3-5-19-26(18)33-12-21(27(19)35-13-29(14-35)15-38-16-29)28(37)34-36-8-9-39-24-7-2-1-6-23(24)36;/h1-7,10-12H,8-9,13-16H2,(H,34,37);1H. The number of halogens is 3. The maximum absolute atomic E-state index is 14.8. The number of carbonyl (C=O) groups is 1. The number of nitrogens with one attached hydrogen (secondary N) is 1. The molecule has 1 N–H and O–H groups in total. The van der Waals surface area contributed by atoms with Crippen molar-refractivity contribution in [1.82, 2.24) is 10.4 Å². The van der Waals surface area contributed by atoms with Crippen molar-refractivity contribution in [2.45, 2.75) is 0 Å². The van der Waals surface area contributed by atoms with Gasteiger partial charge in [0.25, 0.3) is 5.91 Å². The zero-order chi connectivity index (χ0) is 26.7. The molecule has 0 bridgehead atoms. The quantitative estimate of drug-likeness (QED) is 0.374. The average Bonchev–Trinajstić information content (AvgIpc) is 2.89. The van der Waals surface area contributed by atoms with Crippen LogP contribution in [0.5, 0.6) is 5.75 Å². The number of carbonyl (C=O) groups excluding carboxylic acids is 1. The van der Waals surface area contributed by atoms with E-state index in [-0.39, 0.29) is 23.9 Å². The topological polar surface area (TPSA) is 66.9 Å². The van der Waals surface area contributed by atoms with Crippen molar-refractivity contribution < 1.29 is 28.9 Å². The molecule has 3 aliphatic rings. The molecule has 10 heteroatoms. The van der Waals surface area contributed by atoms with Gasteiger partial charge in [0, 0.05) is 43.3 Å². The Kier molecular flexibility index (Phi) is 5.41. The summed E-state index contributed by atoms with van der Waals surface area (Å²) in [4.78, 5) is 20.3. The van der Waals surface area contributed by atoms with Crippen LogP contribution in [0.4, 0.5) is 24.5 Å². The molecule has 2 saturated heterocycles. The molecule has 0 unspecified atom stereocenters. The van der Waals surface area contributed by atoms with Crippen molar-refractivity contribution in [3.63, 3.8) is 0 Å². The van der Waals surface area contributed by atoms with Crippen molar-refractivity contribution in [1.29, 1.82) is 0 Å². The number of anilines is 2. The first-order valence-electron chi connectivity index (χ1n) is 12.6. The van der Waals surface area contributed by atoms with E-state index in [1.165, 1.54) is 6.20 Å². The third-order valence-corrected chi connectivity index (χ3v) is 7.55. The number of aromatic nitrogens is 1. The molecule has 3 aliphatic heterocycles. The molecule has 0 saturated carbocycles. The van der Waals surface area contributed by atoms with Gasteiger partial charge in [0.1, 0.15) is 18.2 Å². The van der Waals surface area contributed by atoms with E-state index in [0.29, 0.717) is 73.4 Å². The van der Waals surface area contributed by atoms with Gasteiger partial charge in [0.05, 0.1) is 47.6 Å². The Morgan fingerprint density at radius 3 is 2.64 bits per heavy atom. The van der Waals surface area contributed by atoms with Crippen LogP contribution in [0.25, 0.3) is 22.0 Å². The van der Waals surface area contributed by atoms with E-state index in [2.05, 4.69) is 15.3 Å². The van der Waals surface area contributed by atoms with Gasteiger partial charge < -0.3 is 14.4 Å². The highest BCUT2D eigenvalue weighted by Gasteiger charge is 2.50. The monoisotopic (exact) mass is 534 g/mol. The van der Waals surface area contributed by atoms with E-state index in [0.717, 1.165) is 11.8 Å². The predicted octanol–water partition coefficient (Wildman–Crippen LogP) is 4.95. The fraction of sp³-hybridized carbons (Fsp3) is 0.241. The van der Waals surface area contributed by atoms with Crippen molar-refractivity contribution >= 4 is 28.2 Å². The lowest BCUT2D eigenvalue weighted by Gasteiger charge is -2.56. The Hall–Kier alpha value is -4.31. The number of rotatable bonds is 4. The second kappa shape index (κ2) is 8.88. The third kappa shape index (κ3) is 3.85. The number of benzene rings is 3. The van der Waals surface area contributed by atoms with Crippen LogP contribution >= 0.6 is 0 Å². The number of ether oxygens (including phenoxy) is 2. The molecular weight excluding hydrogens is 509 g/mol. The van der Waals surface area contributed by atoms with Crippen molar-refractivity contribution in [2.24, 2.45) is 5.41 Å². The molecule has 0 aliphatic carbocycles. The summed E-state index contributed by atoms with van der Waals surface area (Å²) in [6, 6.07) is 13.9. The van der Waals surface area contributed by atoms with E-state index in [1.54, 1.807) is 23.2 Å². The molecule has 3 aromatic carbocycles. The molecule has 7 rings (SSSR count). The lowest BCUT2D eigenvalue weighted by atomic mass is 9.77. The van der Waals surface area contributed by atoms with Crippen LogP contribution in [-0.2, 0) is 4.74 Å². The number of para-hydroxylation sites is 3. The van der Waals surface area contributed by atoms with Gasteiger partial charge in [-0.15, -0.1) is 0 Å². The summed E-state index contributed by atoms with van der Waals surface area (Å²) < 4.78 is 54.1. The molecule has 0 radical (unpaired) electrons. The zero-order valence-electron chi connectivity index (χ0n) is 20.7. The van der Waals surface area contributed by atoms with Crippen molar-refractivity contribution in [3.05, 3.63) is 83.8 Å². The molecule has 1 spiro atoms. The fourth-order valence-corrected chi connectivity index (χ4v) is 5.65. The minimum atomic E-state index is -1.28. The summed E-state index contributed by atoms with van der Waals surface area (Å²) in [5.74, 6) is -3.02. The van der Waals surface area contributed by atoms with Crippen LogP contribution in [0.3, 0.4) is 0 Å². The van der Waals surface area contributed by atoms with Crippen molar-refractivity contribution in [3.8, 4) is 16.9 Å². The minimum Gasteiger partial charge on any atom is -0.489 e. The highest BCUT2D eigenvalue weighted by molar-refractivity contribution is 6.10. The Morgan fingerprint density at radius 1 is 1.03 bits per heavy atom. The van der Waals surface area contributed by atoms with Crippen LogP contribution in [0.15, 0.2) is 60.8 Å². The number of fused-ring (bicyclic) bond motifs is 2. The largest absolute Gasteiger partial charge is 0.489 e. The maximum atomic E-state index is 14.8. The predicted molar refractivity (Wildman–Crippen MR) is 141 cm³/mol. The highest BCUT2D eigenvalue weighted by atomic mass is 19.2. The number of hydrogen-bond donors (Lipinski definition) is 1. The van der Waals surface area contributed by atoms with Gasteiger partial charge in [0.15, 0.2) is 11.6 Å². The first-order chi connectivity index (χ1) is 18.9. The lowest BCUT2D eigenvalue weighted by Crippen LogP contribution is -2.66. The maximum Gasteiger partial charge on any atom is 0.273 e. The van der Waals surface area contributed by atoms with Crippen LogP contribution in [0.2, 0.25) is 0 Å². The van der Waals surface area contributed by atoms with E-state index >= 15 is 0 Å². The number of pyridine rings is 1. The van der Waals surface area contributed by atoms with Gasteiger partial charge in [-0.2, -0.15) is 0 Å². The Labute approximate surface area is 223 Å². The Balaban J connectivity index is 0.00000289. The number of hydrazine groups is 1. The average molecular weight is 535 g/mol. The molecule has 2 fully saturated rings. The zero-order valence-corrected chi connectivity index (χ0v) is 20.7. The SMILES string of the molecule is O=C(NN1CCOc2ccccc21)c1cnc2c(-c3cc(F)cc(F)c3F)cccc2c1N1CC2(COC2)C1.[HH]. The molecule has 1 amide bonds. The Bertz CT molecular complexity index is 1640. The normalized spacial score (nSPS) is 17.3. The summed E-state index contributed by atoms with van der Waals surface area (Å²) in [5.41, 5.74) is 5.09. The molecule has 7 nitrogen and oxygen atoms in total. The molecule has 1 aromatic heterocycles. The summed E-state index contributed by atoms with van der Waals surface area (Å²) in [5, 5.41) is 2.33. The minimum absolute atomic E-state index is 0.